The van der Waals surface area contributed by atoms with Crippen molar-refractivity contribution < 1.29 is 13.2 Å². The molecule has 2 rings (SSSR count). The minimum absolute atomic E-state index is 0. The van der Waals surface area contributed by atoms with Crippen LogP contribution in [0.25, 0.3) is 0 Å². The fourth-order valence-corrected chi connectivity index (χ4v) is 3.81. The van der Waals surface area contributed by atoms with E-state index in [1.54, 1.807) is 12.1 Å². The maximum atomic E-state index is 11.5. The van der Waals surface area contributed by atoms with Crippen molar-refractivity contribution in [1.82, 2.24) is 10.2 Å². The number of aliphatic imine (C=N–C) groups is 1. The quantitative estimate of drug-likeness (QED) is 0.323. The third-order valence-corrected chi connectivity index (χ3v) is 6.05. The summed E-state index contributed by atoms with van der Waals surface area (Å²) in [7, 11) is -1.05. The molecule has 0 unspecified atom stereocenters. The number of benzene rings is 1. The van der Waals surface area contributed by atoms with Gasteiger partial charge in [0.05, 0.1) is 4.90 Å². The second-order valence-electron chi connectivity index (χ2n) is 7.17. The van der Waals surface area contributed by atoms with Crippen LogP contribution in [0.1, 0.15) is 31.7 Å². The van der Waals surface area contributed by atoms with E-state index >= 15 is 0 Å². The zero-order chi connectivity index (χ0) is 19.7. The highest BCUT2D eigenvalue weighted by Crippen LogP contribution is 2.18. The molecule has 1 aliphatic heterocycles. The van der Waals surface area contributed by atoms with Crippen LogP contribution in [0.4, 0.5) is 0 Å². The van der Waals surface area contributed by atoms with Gasteiger partial charge in [0.25, 0.3) is 0 Å². The molecular weight excluding hydrogens is 489 g/mol. The molecule has 0 aliphatic carbocycles. The summed E-state index contributed by atoms with van der Waals surface area (Å²) in [6.45, 7) is 6.35. The summed E-state index contributed by atoms with van der Waals surface area (Å²) >= 11 is 0. The average Bonchev–Trinajstić information content (AvgIpc) is 2.66. The number of nitrogens with zero attached hydrogens (tertiary/aromatic N) is 2. The summed E-state index contributed by atoms with van der Waals surface area (Å²) in [5.41, 5.74) is 1.09. The van der Waals surface area contributed by atoms with Gasteiger partial charge in [0, 0.05) is 46.2 Å². The van der Waals surface area contributed by atoms with Crippen LogP contribution >= 0.6 is 24.0 Å². The summed E-state index contributed by atoms with van der Waals surface area (Å²) in [5.74, 6) is 1.68. The lowest BCUT2D eigenvalue weighted by molar-refractivity contribution is 0.0625. The maximum absolute atomic E-state index is 11.5. The van der Waals surface area contributed by atoms with Crippen LogP contribution in [-0.2, 0) is 21.0 Å². The molecule has 28 heavy (non-hydrogen) atoms. The normalized spacial score (nSPS) is 15.8. The maximum Gasteiger partial charge on any atom is 0.193 e. The highest BCUT2D eigenvalue weighted by Gasteiger charge is 2.15. The molecule has 6 nitrogen and oxygen atoms in total. The molecule has 1 saturated heterocycles. The van der Waals surface area contributed by atoms with Crippen molar-refractivity contribution in [3.63, 3.8) is 0 Å². The third kappa shape index (κ3) is 8.65. The van der Waals surface area contributed by atoms with Crippen LogP contribution in [-0.4, -0.2) is 65.4 Å². The predicted molar refractivity (Wildman–Crippen MR) is 125 cm³/mol. The van der Waals surface area contributed by atoms with Crippen molar-refractivity contribution in [3.8, 4) is 0 Å². The fraction of sp³-hybridized carbons (Fsp3) is 0.650. The zero-order valence-corrected chi connectivity index (χ0v) is 20.3. The standard InChI is InChI=1S/C20H33N3O3S.HI/c1-4-21-20(23(2)14-10-18-11-15-26-16-12-18)22-13-9-17-5-7-19(8-6-17)27(3,24)25;/h5-8,18H,4,9-16H2,1-3H3,(H,21,22);1H. The number of sulfone groups is 1. The number of hydrogen-bond acceptors (Lipinski definition) is 4. The third-order valence-electron chi connectivity index (χ3n) is 4.92. The lowest BCUT2D eigenvalue weighted by Gasteiger charge is -2.26. The lowest BCUT2D eigenvalue weighted by Crippen LogP contribution is -2.40. The Morgan fingerprint density at radius 1 is 1.25 bits per heavy atom. The molecule has 1 aromatic carbocycles. The summed E-state index contributed by atoms with van der Waals surface area (Å²) in [6, 6.07) is 7.07. The van der Waals surface area contributed by atoms with E-state index in [2.05, 4.69) is 24.2 Å². The van der Waals surface area contributed by atoms with Crippen LogP contribution < -0.4 is 5.32 Å². The van der Waals surface area contributed by atoms with Gasteiger partial charge in [-0.05, 0) is 56.2 Å². The van der Waals surface area contributed by atoms with E-state index in [9.17, 15) is 8.42 Å². The summed E-state index contributed by atoms with van der Waals surface area (Å²) in [4.78, 5) is 7.29. The smallest absolute Gasteiger partial charge is 0.193 e. The highest BCUT2D eigenvalue weighted by atomic mass is 127. The van der Waals surface area contributed by atoms with Crippen molar-refractivity contribution >= 4 is 39.8 Å². The number of nitrogens with one attached hydrogen (secondary N) is 1. The van der Waals surface area contributed by atoms with Crippen molar-refractivity contribution in [2.75, 3.05) is 46.2 Å². The van der Waals surface area contributed by atoms with Crippen LogP contribution in [0.2, 0.25) is 0 Å². The number of ether oxygens (including phenoxy) is 1. The molecular formula is C20H34IN3O3S. The predicted octanol–water partition coefficient (Wildman–Crippen LogP) is 2.96. The molecule has 160 valence electrons. The number of guanidine groups is 1. The molecule has 0 aromatic heterocycles. The zero-order valence-electron chi connectivity index (χ0n) is 17.2. The molecule has 1 N–H and O–H groups in total. The second-order valence-corrected chi connectivity index (χ2v) is 9.18. The van der Waals surface area contributed by atoms with E-state index in [0.29, 0.717) is 11.4 Å². The Balaban J connectivity index is 0.00000392. The molecule has 0 saturated carbocycles. The summed E-state index contributed by atoms with van der Waals surface area (Å²) in [5, 5.41) is 3.36. The van der Waals surface area contributed by atoms with Crippen LogP contribution in [0.5, 0.6) is 0 Å². The number of hydrogen-bond donors (Lipinski definition) is 1. The minimum atomic E-state index is -3.14. The largest absolute Gasteiger partial charge is 0.381 e. The molecule has 0 amide bonds. The summed E-state index contributed by atoms with van der Waals surface area (Å²) < 4.78 is 28.5. The monoisotopic (exact) mass is 523 g/mol. The van der Waals surface area contributed by atoms with Gasteiger partial charge in [-0.25, -0.2) is 8.42 Å². The van der Waals surface area contributed by atoms with Crippen LogP contribution in [0, 0.1) is 5.92 Å². The summed E-state index contributed by atoms with van der Waals surface area (Å²) in [6.07, 6.45) is 5.49. The number of halogens is 1. The Bertz CT molecular complexity index is 702. The minimum Gasteiger partial charge on any atom is -0.381 e. The van der Waals surface area contributed by atoms with Gasteiger partial charge < -0.3 is 15.0 Å². The van der Waals surface area contributed by atoms with Crippen LogP contribution in [0.15, 0.2) is 34.2 Å². The van der Waals surface area contributed by atoms with E-state index in [0.717, 1.165) is 69.4 Å². The Morgan fingerprint density at radius 3 is 2.46 bits per heavy atom. The Morgan fingerprint density at radius 2 is 1.89 bits per heavy atom. The molecule has 1 aliphatic rings. The van der Waals surface area contributed by atoms with Crippen LogP contribution in [0.3, 0.4) is 0 Å². The molecule has 8 heteroatoms. The van der Waals surface area contributed by atoms with Crippen molar-refractivity contribution in [2.45, 2.75) is 37.5 Å². The van der Waals surface area contributed by atoms with Gasteiger partial charge in [0.15, 0.2) is 15.8 Å². The first kappa shape index (κ1) is 25.2. The Hall–Kier alpha value is -0.870. The first-order valence-corrected chi connectivity index (χ1v) is 11.7. The van der Waals surface area contributed by atoms with Gasteiger partial charge >= 0.3 is 0 Å². The molecule has 1 heterocycles. The Labute approximate surface area is 187 Å². The van der Waals surface area contributed by atoms with E-state index in [-0.39, 0.29) is 24.0 Å². The Kier molecular flexibility index (Phi) is 11.4. The number of rotatable bonds is 8. The van der Waals surface area contributed by atoms with E-state index in [1.807, 2.05) is 12.1 Å². The van der Waals surface area contributed by atoms with Gasteiger partial charge in [0.1, 0.15) is 0 Å². The van der Waals surface area contributed by atoms with E-state index < -0.39 is 9.84 Å². The fourth-order valence-electron chi connectivity index (χ4n) is 3.18. The molecule has 0 atom stereocenters. The van der Waals surface area contributed by atoms with Gasteiger partial charge in [-0.2, -0.15) is 0 Å². The van der Waals surface area contributed by atoms with Gasteiger partial charge in [0.2, 0.25) is 0 Å². The molecule has 0 bridgehead atoms. The van der Waals surface area contributed by atoms with E-state index in [4.69, 9.17) is 9.73 Å². The topological polar surface area (TPSA) is 71.0 Å². The van der Waals surface area contributed by atoms with Gasteiger partial charge in [-0.1, -0.05) is 12.1 Å². The van der Waals surface area contributed by atoms with E-state index in [1.165, 1.54) is 6.26 Å². The first-order valence-electron chi connectivity index (χ1n) is 9.76. The molecule has 1 aromatic rings. The SMILES string of the molecule is CCNC(=NCCc1ccc(S(C)(=O)=O)cc1)N(C)CCC1CCOCC1.I. The second kappa shape index (κ2) is 12.6. The van der Waals surface area contributed by atoms with Gasteiger partial charge in [-0.15, -0.1) is 24.0 Å². The first-order chi connectivity index (χ1) is 12.9. The molecule has 0 spiro atoms. The molecule has 0 radical (unpaired) electrons. The van der Waals surface area contributed by atoms with Crippen molar-refractivity contribution in [2.24, 2.45) is 10.9 Å². The average molecular weight is 523 g/mol. The van der Waals surface area contributed by atoms with Crippen molar-refractivity contribution in [3.05, 3.63) is 29.8 Å². The highest BCUT2D eigenvalue weighted by molar-refractivity contribution is 14.0. The van der Waals surface area contributed by atoms with Crippen molar-refractivity contribution in [1.29, 1.82) is 0 Å². The van der Waals surface area contributed by atoms with Gasteiger partial charge in [-0.3, -0.25) is 4.99 Å². The molecule has 1 fully saturated rings. The lowest BCUT2D eigenvalue weighted by atomic mass is 9.96.